The first-order valence-corrected chi connectivity index (χ1v) is 8.79. The molecule has 0 saturated heterocycles. The van der Waals surface area contributed by atoms with E-state index in [-0.39, 0.29) is 0 Å². The molecule has 2 N–H and O–H groups in total. The number of nitrogens with one attached hydrogen (secondary N) is 2. The molecular weight excluding hydrogens is 274 g/mol. The summed E-state index contributed by atoms with van der Waals surface area (Å²) in [5.41, 5.74) is 0. The summed E-state index contributed by atoms with van der Waals surface area (Å²) in [6, 6.07) is 0. The molecule has 0 atom stereocenters. The van der Waals surface area contributed by atoms with Gasteiger partial charge >= 0.3 is 0 Å². The SMILES string of the molecule is CN=C(NCCCC1CCCCC1)NCCCn1ccnc1. The zero-order valence-corrected chi connectivity index (χ0v) is 13.9. The minimum absolute atomic E-state index is 0.925. The van der Waals surface area contributed by atoms with Crippen LogP contribution >= 0.6 is 0 Å². The minimum atomic E-state index is 0.925. The predicted octanol–water partition coefficient (Wildman–Crippen LogP) is 2.80. The van der Waals surface area contributed by atoms with Crippen molar-refractivity contribution in [2.24, 2.45) is 10.9 Å². The van der Waals surface area contributed by atoms with Gasteiger partial charge in [-0.1, -0.05) is 32.1 Å². The smallest absolute Gasteiger partial charge is 0.190 e. The highest BCUT2D eigenvalue weighted by atomic mass is 15.2. The van der Waals surface area contributed by atoms with E-state index in [0.717, 1.165) is 37.9 Å². The van der Waals surface area contributed by atoms with Crippen LogP contribution in [0.3, 0.4) is 0 Å². The summed E-state index contributed by atoms with van der Waals surface area (Å²) in [6.07, 6.45) is 16.6. The highest BCUT2D eigenvalue weighted by Crippen LogP contribution is 2.26. The highest BCUT2D eigenvalue weighted by Gasteiger charge is 2.12. The molecule has 0 spiro atoms. The Labute approximate surface area is 134 Å². The lowest BCUT2D eigenvalue weighted by molar-refractivity contribution is 0.332. The van der Waals surface area contributed by atoms with Crippen molar-refractivity contribution in [3.8, 4) is 0 Å². The van der Waals surface area contributed by atoms with E-state index >= 15 is 0 Å². The van der Waals surface area contributed by atoms with Crippen LogP contribution in [0.1, 0.15) is 51.4 Å². The molecular formula is C17H31N5. The van der Waals surface area contributed by atoms with Crippen LogP contribution in [-0.4, -0.2) is 35.6 Å². The maximum Gasteiger partial charge on any atom is 0.190 e. The van der Waals surface area contributed by atoms with Crippen LogP contribution in [0.5, 0.6) is 0 Å². The van der Waals surface area contributed by atoms with E-state index in [1.54, 1.807) is 0 Å². The van der Waals surface area contributed by atoms with Crippen molar-refractivity contribution in [2.75, 3.05) is 20.1 Å². The lowest BCUT2D eigenvalue weighted by Crippen LogP contribution is -2.38. The summed E-state index contributed by atoms with van der Waals surface area (Å²) in [7, 11) is 1.84. The van der Waals surface area contributed by atoms with Gasteiger partial charge in [0.15, 0.2) is 5.96 Å². The van der Waals surface area contributed by atoms with Crippen molar-refractivity contribution in [1.82, 2.24) is 20.2 Å². The molecule has 1 heterocycles. The monoisotopic (exact) mass is 305 g/mol. The van der Waals surface area contributed by atoms with Crippen LogP contribution in [0, 0.1) is 5.92 Å². The molecule has 1 saturated carbocycles. The summed E-state index contributed by atoms with van der Waals surface area (Å²) >= 11 is 0. The Kier molecular flexibility index (Phi) is 7.85. The molecule has 0 bridgehead atoms. The summed E-state index contributed by atoms with van der Waals surface area (Å²) < 4.78 is 2.10. The third kappa shape index (κ3) is 6.50. The topological polar surface area (TPSA) is 54.2 Å². The number of hydrogen-bond acceptors (Lipinski definition) is 2. The van der Waals surface area contributed by atoms with Gasteiger partial charge in [-0.3, -0.25) is 4.99 Å². The standard InChI is InChI=1S/C17H31N5/c1-18-17(21-11-6-13-22-14-12-19-15-22)20-10-5-9-16-7-3-2-4-8-16/h12,14-16H,2-11,13H2,1H3,(H2,18,20,21). The van der Waals surface area contributed by atoms with Crippen LogP contribution in [0.2, 0.25) is 0 Å². The lowest BCUT2D eigenvalue weighted by Gasteiger charge is -2.21. The molecule has 0 aliphatic heterocycles. The summed E-state index contributed by atoms with van der Waals surface area (Å²) in [6.45, 7) is 2.95. The molecule has 5 nitrogen and oxygen atoms in total. The Morgan fingerprint density at radius 1 is 1.18 bits per heavy atom. The summed E-state index contributed by atoms with van der Waals surface area (Å²) in [5, 5.41) is 6.80. The molecule has 1 fully saturated rings. The van der Waals surface area contributed by atoms with Crippen molar-refractivity contribution in [3.05, 3.63) is 18.7 Å². The van der Waals surface area contributed by atoms with E-state index in [4.69, 9.17) is 0 Å². The van der Waals surface area contributed by atoms with Crippen molar-refractivity contribution < 1.29 is 0 Å². The second kappa shape index (κ2) is 10.2. The Morgan fingerprint density at radius 2 is 1.95 bits per heavy atom. The third-order valence-corrected chi connectivity index (χ3v) is 4.47. The van der Waals surface area contributed by atoms with Crippen molar-refractivity contribution in [3.63, 3.8) is 0 Å². The zero-order valence-electron chi connectivity index (χ0n) is 13.9. The lowest BCUT2D eigenvalue weighted by atomic mass is 9.86. The molecule has 1 aliphatic carbocycles. The van der Waals surface area contributed by atoms with Gasteiger partial charge in [-0.15, -0.1) is 0 Å². The third-order valence-electron chi connectivity index (χ3n) is 4.47. The number of aryl methyl sites for hydroxylation is 1. The molecule has 2 rings (SSSR count). The van der Waals surface area contributed by atoms with Gasteiger partial charge < -0.3 is 15.2 Å². The molecule has 0 amide bonds. The first-order chi connectivity index (χ1) is 10.9. The second-order valence-corrected chi connectivity index (χ2v) is 6.23. The Morgan fingerprint density at radius 3 is 2.64 bits per heavy atom. The zero-order chi connectivity index (χ0) is 15.5. The molecule has 1 aromatic heterocycles. The van der Waals surface area contributed by atoms with E-state index in [1.165, 1.54) is 44.9 Å². The molecule has 124 valence electrons. The van der Waals surface area contributed by atoms with Gasteiger partial charge in [-0.25, -0.2) is 4.98 Å². The maximum absolute atomic E-state index is 4.28. The van der Waals surface area contributed by atoms with Crippen molar-refractivity contribution in [1.29, 1.82) is 0 Å². The summed E-state index contributed by atoms with van der Waals surface area (Å²) in [4.78, 5) is 8.33. The maximum atomic E-state index is 4.28. The van der Waals surface area contributed by atoms with Crippen LogP contribution in [-0.2, 0) is 6.54 Å². The van der Waals surface area contributed by atoms with Crippen LogP contribution < -0.4 is 10.6 Å². The largest absolute Gasteiger partial charge is 0.356 e. The number of guanidine groups is 1. The quantitative estimate of drug-likeness (QED) is 0.441. The average Bonchev–Trinajstić information content (AvgIpc) is 3.08. The van der Waals surface area contributed by atoms with Crippen LogP contribution in [0.4, 0.5) is 0 Å². The number of imidazole rings is 1. The molecule has 0 unspecified atom stereocenters. The van der Waals surface area contributed by atoms with Gasteiger partial charge in [0.2, 0.25) is 0 Å². The fraction of sp³-hybridized carbons (Fsp3) is 0.765. The molecule has 22 heavy (non-hydrogen) atoms. The van der Waals surface area contributed by atoms with E-state index in [0.29, 0.717) is 0 Å². The van der Waals surface area contributed by atoms with Gasteiger partial charge in [0.1, 0.15) is 0 Å². The van der Waals surface area contributed by atoms with E-state index < -0.39 is 0 Å². The van der Waals surface area contributed by atoms with Gasteiger partial charge in [0.05, 0.1) is 6.33 Å². The van der Waals surface area contributed by atoms with Crippen LogP contribution in [0.25, 0.3) is 0 Å². The van der Waals surface area contributed by atoms with Gasteiger partial charge in [-0.2, -0.15) is 0 Å². The van der Waals surface area contributed by atoms with Crippen LogP contribution in [0.15, 0.2) is 23.7 Å². The fourth-order valence-corrected chi connectivity index (χ4v) is 3.18. The number of hydrogen-bond donors (Lipinski definition) is 2. The molecule has 1 aromatic rings. The molecule has 5 heteroatoms. The highest BCUT2D eigenvalue weighted by molar-refractivity contribution is 5.79. The Balaban J connectivity index is 1.49. The second-order valence-electron chi connectivity index (χ2n) is 6.23. The summed E-state index contributed by atoms with van der Waals surface area (Å²) in [5.74, 6) is 1.90. The minimum Gasteiger partial charge on any atom is -0.356 e. The normalized spacial score (nSPS) is 16.7. The van der Waals surface area contributed by atoms with Crippen molar-refractivity contribution >= 4 is 5.96 Å². The molecule has 0 radical (unpaired) electrons. The average molecular weight is 305 g/mol. The first-order valence-electron chi connectivity index (χ1n) is 8.79. The number of nitrogens with zero attached hydrogens (tertiary/aromatic N) is 3. The fourth-order valence-electron chi connectivity index (χ4n) is 3.18. The predicted molar refractivity (Wildman–Crippen MR) is 92.0 cm³/mol. The molecule has 0 aromatic carbocycles. The van der Waals surface area contributed by atoms with E-state index in [1.807, 2.05) is 25.8 Å². The van der Waals surface area contributed by atoms with Gasteiger partial charge in [0, 0.05) is 39.1 Å². The Hall–Kier alpha value is -1.52. The first kappa shape index (κ1) is 16.8. The Bertz CT molecular complexity index is 407. The van der Waals surface area contributed by atoms with Crippen molar-refractivity contribution in [2.45, 2.75) is 57.9 Å². The van der Waals surface area contributed by atoms with Gasteiger partial charge in [0.25, 0.3) is 0 Å². The van der Waals surface area contributed by atoms with E-state index in [9.17, 15) is 0 Å². The number of rotatable bonds is 8. The van der Waals surface area contributed by atoms with Gasteiger partial charge in [-0.05, 0) is 25.2 Å². The molecule has 1 aliphatic rings. The number of aliphatic imine (C=N–C) groups is 1. The van der Waals surface area contributed by atoms with E-state index in [2.05, 4.69) is 25.2 Å². The number of aromatic nitrogens is 2.